The molecule has 3 rings (SSSR count). The molecule has 0 atom stereocenters. The Morgan fingerprint density at radius 1 is 1.19 bits per heavy atom. The van der Waals surface area contributed by atoms with Crippen LogP contribution in [0.5, 0.6) is 0 Å². The Labute approximate surface area is 122 Å². The van der Waals surface area contributed by atoms with E-state index in [-0.39, 0.29) is 5.91 Å². The number of nitrogens with one attached hydrogen (secondary N) is 1. The highest BCUT2D eigenvalue weighted by atomic mass is 16.5. The van der Waals surface area contributed by atoms with Gasteiger partial charge >= 0.3 is 0 Å². The Hall–Kier alpha value is -2.82. The average Bonchev–Trinajstić information content (AvgIpc) is 3.11. The van der Waals surface area contributed by atoms with Crippen LogP contribution in [0.3, 0.4) is 0 Å². The molecule has 0 unspecified atom stereocenters. The van der Waals surface area contributed by atoms with Gasteiger partial charge in [-0.2, -0.15) is 0 Å². The molecule has 0 saturated carbocycles. The number of hydrogen-bond donors (Lipinski definition) is 1. The highest BCUT2D eigenvalue weighted by molar-refractivity contribution is 6.04. The zero-order valence-electron chi connectivity index (χ0n) is 11.8. The number of nitrogens with zero attached hydrogens (tertiary/aromatic N) is 2. The van der Waals surface area contributed by atoms with Crippen LogP contribution in [0.15, 0.2) is 53.3 Å². The third kappa shape index (κ3) is 2.72. The van der Waals surface area contributed by atoms with Crippen molar-refractivity contribution in [3.63, 3.8) is 0 Å². The highest BCUT2D eigenvalue weighted by Gasteiger charge is 2.11. The number of benzene rings is 1. The van der Waals surface area contributed by atoms with Gasteiger partial charge in [-0.05, 0) is 43.7 Å². The number of rotatable bonds is 3. The van der Waals surface area contributed by atoms with E-state index in [1.807, 2.05) is 48.1 Å². The van der Waals surface area contributed by atoms with Crippen LogP contribution in [0.1, 0.15) is 21.7 Å². The lowest BCUT2D eigenvalue weighted by Gasteiger charge is -2.09. The molecule has 2 aromatic heterocycles. The number of carbonyl (C=O) groups excluding carboxylic acids is 1. The maximum Gasteiger partial charge on any atom is 0.256 e. The highest BCUT2D eigenvalue weighted by Crippen LogP contribution is 2.17. The van der Waals surface area contributed by atoms with Gasteiger partial charge in [0.05, 0.1) is 0 Å². The van der Waals surface area contributed by atoms with Crippen LogP contribution in [0, 0.1) is 13.8 Å². The molecule has 0 radical (unpaired) electrons. The first-order chi connectivity index (χ1) is 10.1. The minimum atomic E-state index is -0.211. The fraction of sp³-hybridized carbons (Fsp3) is 0.125. The molecule has 106 valence electrons. The van der Waals surface area contributed by atoms with Crippen LogP contribution in [0.2, 0.25) is 0 Å². The van der Waals surface area contributed by atoms with Gasteiger partial charge in [0.2, 0.25) is 0 Å². The Kier molecular flexibility index (Phi) is 3.31. The van der Waals surface area contributed by atoms with E-state index in [2.05, 4.69) is 10.5 Å². The molecule has 0 saturated heterocycles. The average molecular weight is 281 g/mol. The van der Waals surface area contributed by atoms with Crippen molar-refractivity contribution in [1.82, 2.24) is 9.72 Å². The van der Waals surface area contributed by atoms with Gasteiger partial charge in [0.15, 0.2) is 5.82 Å². The monoisotopic (exact) mass is 281 g/mol. The number of aryl methyl sites for hydroxylation is 2. The molecular formula is C16H15N3O2. The van der Waals surface area contributed by atoms with Crippen molar-refractivity contribution >= 4 is 11.7 Å². The van der Waals surface area contributed by atoms with Crippen LogP contribution >= 0.6 is 0 Å². The standard InChI is InChI=1S/C16H15N3O2/c1-11-5-6-13(10-14(11)19-7-3-4-8-19)16(20)17-15-9-12(2)21-18-15/h3-10H,1-2H3,(H,17,18,20). The molecule has 0 bridgehead atoms. The molecule has 3 aromatic rings. The second-order valence-electron chi connectivity index (χ2n) is 4.87. The van der Waals surface area contributed by atoms with Crippen molar-refractivity contribution in [2.24, 2.45) is 0 Å². The van der Waals surface area contributed by atoms with Gasteiger partial charge in [-0.1, -0.05) is 11.2 Å². The van der Waals surface area contributed by atoms with E-state index in [1.54, 1.807) is 19.1 Å². The molecule has 21 heavy (non-hydrogen) atoms. The van der Waals surface area contributed by atoms with E-state index in [4.69, 9.17) is 4.52 Å². The van der Waals surface area contributed by atoms with Crippen LogP contribution in [-0.2, 0) is 0 Å². The smallest absolute Gasteiger partial charge is 0.256 e. The molecule has 2 heterocycles. The number of anilines is 1. The largest absolute Gasteiger partial charge is 0.360 e. The Morgan fingerprint density at radius 3 is 2.62 bits per heavy atom. The fourth-order valence-electron chi connectivity index (χ4n) is 2.14. The first-order valence-electron chi connectivity index (χ1n) is 6.62. The summed E-state index contributed by atoms with van der Waals surface area (Å²) in [5.41, 5.74) is 2.65. The summed E-state index contributed by atoms with van der Waals surface area (Å²) >= 11 is 0. The van der Waals surface area contributed by atoms with Gasteiger partial charge < -0.3 is 14.4 Å². The lowest BCUT2D eigenvalue weighted by atomic mass is 10.1. The van der Waals surface area contributed by atoms with Gasteiger partial charge in [-0.3, -0.25) is 4.79 Å². The normalized spacial score (nSPS) is 10.6. The van der Waals surface area contributed by atoms with Crippen molar-refractivity contribution in [1.29, 1.82) is 0 Å². The van der Waals surface area contributed by atoms with Gasteiger partial charge in [0.25, 0.3) is 5.91 Å². The van der Waals surface area contributed by atoms with Crippen molar-refractivity contribution in [3.05, 3.63) is 65.7 Å². The van der Waals surface area contributed by atoms with Crippen molar-refractivity contribution in [2.45, 2.75) is 13.8 Å². The molecule has 5 nitrogen and oxygen atoms in total. The molecule has 0 aliphatic carbocycles. The summed E-state index contributed by atoms with van der Waals surface area (Å²) in [5.74, 6) is 0.861. The van der Waals surface area contributed by atoms with E-state index in [1.165, 1.54) is 0 Å². The zero-order valence-corrected chi connectivity index (χ0v) is 11.8. The summed E-state index contributed by atoms with van der Waals surface area (Å²) in [5, 5.41) is 6.48. The molecule has 5 heteroatoms. The minimum Gasteiger partial charge on any atom is -0.360 e. The van der Waals surface area contributed by atoms with E-state index in [0.717, 1.165) is 11.3 Å². The molecular weight excluding hydrogens is 266 g/mol. The molecule has 0 aliphatic heterocycles. The predicted octanol–water partition coefficient (Wildman–Crippen LogP) is 3.33. The summed E-state index contributed by atoms with van der Waals surface area (Å²) in [6.07, 6.45) is 3.90. The quantitative estimate of drug-likeness (QED) is 0.801. The maximum atomic E-state index is 12.3. The summed E-state index contributed by atoms with van der Waals surface area (Å²) in [4.78, 5) is 12.3. The summed E-state index contributed by atoms with van der Waals surface area (Å²) in [6, 6.07) is 11.2. The lowest BCUT2D eigenvalue weighted by Crippen LogP contribution is -2.12. The van der Waals surface area contributed by atoms with E-state index in [9.17, 15) is 4.79 Å². The van der Waals surface area contributed by atoms with Crippen molar-refractivity contribution in [3.8, 4) is 5.69 Å². The first-order valence-corrected chi connectivity index (χ1v) is 6.62. The van der Waals surface area contributed by atoms with Crippen LogP contribution in [0.4, 0.5) is 5.82 Å². The second kappa shape index (κ2) is 5.28. The Morgan fingerprint density at radius 2 is 1.95 bits per heavy atom. The predicted molar refractivity (Wildman–Crippen MR) is 79.7 cm³/mol. The number of carbonyl (C=O) groups is 1. The summed E-state index contributed by atoms with van der Waals surface area (Å²) in [6.45, 7) is 3.79. The molecule has 0 fully saturated rings. The van der Waals surface area contributed by atoms with Crippen LogP contribution in [0.25, 0.3) is 5.69 Å². The number of hydrogen-bond acceptors (Lipinski definition) is 3. The topological polar surface area (TPSA) is 60.1 Å². The SMILES string of the molecule is Cc1cc(NC(=O)c2ccc(C)c(-n3cccc3)c2)no1. The first kappa shape index (κ1) is 13.2. The molecule has 1 amide bonds. The Balaban J connectivity index is 1.89. The van der Waals surface area contributed by atoms with E-state index in [0.29, 0.717) is 17.1 Å². The van der Waals surface area contributed by atoms with Crippen molar-refractivity contribution < 1.29 is 9.32 Å². The zero-order chi connectivity index (χ0) is 14.8. The molecule has 0 spiro atoms. The minimum absolute atomic E-state index is 0.211. The maximum absolute atomic E-state index is 12.3. The number of amides is 1. The van der Waals surface area contributed by atoms with Crippen molar-refractivity contribution in [2.75, 3.05) is 5.32 Å². The summed E-state index contributed by atoms with van der Waals surface area (Å²) < 4.78 is 6.91. The lowest BCUT2D eigenvalue weighted by molar-refractivity contribution is 0.102. The molecule has 0 aliphatic rings. The van der Waals surface area contributed by atoms with Gasteiger partial charge in [0, 0.05) is 29.7 Å². The third-order valence-electron chi connectivity index (χ3n) is 3.22. The van der Waals surface area contributed by atoms with Gasteiger partial charge in [-0.25, -0.2) is 0 Å². The molecule has 1 N–H and O–H groups in total. The molecule has 1 aromatic carbocycles. The second-order valence-corrected chi connectivity index (χ2v) is 4.87. The fourth-order valence-corrected chi connectivity index (χ4v) is 2.14. The van der Waals surface area contributed by atoms with E-state index < -0.39 is 0 Å². The van der Waals surface area contributed by atoms with Crippen LogP contribution < -0.4 is 5.32 Å². The number of aromatic nitrogens is 2. The third-order valence-corrected chi connectivity index (χ3v) is 3.22. The van der Waals surface area contributed by atoms with Gasteiger partial charge in [0.1, 0.15) is 5.76 Å². The Bertz CT molecular complexity index is 773. The van der Waals surface area contributed by atoms with Gasteiger partial charge in [-0.15, -0.1) is 0 Å². The van der Waals surface area contributed by atoms with E-state index >= 15 is 0 Å². The van der Waals surface area contributed by atoms with Crippen LogP contribution in [-0.4, -0.2) is 15.6 Å². The summed E-state index contributed by atoms with van der Waals surface area (Å²) in [7, 11) is 0.